The minimum Gasteiger partial charge on any atom is -0.450 e. The molecule has 0 spiro atoms. The Balaban J connectivity index is 1.95. The van der Waals surface area contributed by atoms with Crippen molar-refractivity contribution in [3.63, 3.8) is 0 Å². The van der Waals surface area contributed by atoms with E-state index >= 15 is 9.59 Å². The van der Waals surface area contributed by atoms with Gasteiger partial charge in [-0.15, -0.1) is 0 Å². The second-order valence-electron chi connectivity index (χ2n) is 23.3. The molecule has 2 aliphatic rings. The molecule has 0 saturated carbocycles. The van der Waals surface area contributed by atoms with Gasteiger partial charge < -0.3 is 50.7 Å². The highest BCUT2D eigenvalue weighted by Crippen LogP contribution is 2.27. The van der Waals surface area contributed by atoms with Gasteiger partial charge >= 0.3 is 5.97 Å². The zero-order valence-electron chi connectivity index (χ0n) is 48.8. The fourth-order valence-corrected chi connectivity index (χ4v) is 10.5. The Labute approximate surface area is 462 Å². The van der Waals surface area contributed by atoms with Crippen LogP contribution >= 0.6 is 0 Å². The van der Waals surface area contributed by atoms with Crippen molar-refractivity contribution in [3.8, 4) is 0 Å². The summed E-state index contributed by atoms with van der Waals surface area (Å²) in [6.07, 6.45) is 0.0859. The van der Waals surface area contributed by atoms with E-state index in [2.05, 4.69) is 21.3 Å². The summed E-state index contributed by atoms with van der Waals surface area (Å²) in [6, 6.07) is 8.02. The van der Waals surface area contributed by atoms with Crippen molar-refractivity contribution >= 4 is 53.2 Å². The van der Waals surface area contributed by atoms with Crippen LogP contribution < -0.4 is 21.3 Å². The normalized spacial score (nSPS) is 26.6. The number of esters is 1. The van der Waals surface area contributed by atoms with E-state index in [0.29, 0.717) is 24.8 Å². The summed E-state index contributed by atoms with van der Waals surface area (Å²) in [6.45, 7) is 20.5. The van der Waals surface area contributed by atoms with E-state index in [0.717, 1.165) is 10.5 Å². The van der Waals surface area contributed by atoms with Crippen molar-refractivity contribution < 1.29 is 53.0 Å². The molecule has 4 rings (SSSR count). The fourth-order valence-electron chi connectivity index (χ4n) is 10.5. The van der Waals surface area contributed by atoms with Gasteiger partial charge in [0.1, 0.15) is 42.3 Å². The molecular weight excluding hydrogens is 997 g/mol. The third kappa shape index (κ3) is 16.3. The van der Waals surface area contributed by atoms with Gasteiger partial charge in [0.05, 0.1) is 5.60 Å². The van der Waals surface area contributed by atoms with Crippen LogP contribution in [0.5, 0.6) is 0 Å². The van der Waals surface area contributed by atoms with Crippen LogP contribution in [-0.2, 0) is 60.7 Å². The zero-order valence-corrected chi connectivity index (χ0v) is 48.8. The molecule has 0 aliphatic carbocycles. The van der Waals surface area contributed by atoms with Crippen molar-refractivity contribution in [3.05, 3.63) is 71.8 Å². The first kappa shape index (κ1) is 64.2. The quantitative estimate of drug-likeness (QED) is 0.179. The molecule has 2 fully saturated rings. The molecule has 5 N–H and O–H groups in total. The van der Waals surface area contributed by atoms with Gasteiger partial charge in [-0.2, -0.15) is 0 Å². The molecule has 2 aliphatic heterocycles. The maximum absolute atomic E-state index is 15.2. The van der Waals surface area contributed by atoms with Gasteiger partial charge in [0.2, 0.25) is 41.4 Å². The molecule has 19 nitrogen and oxygen atoms in total. The first-order valence-corrected chi connectivity index (χ1v) is 27.9. The van der Waals surface area contributed by atoms with Crippen LogP contribution in [0.4, 0.5) is 0 Å². The van der Waals surface area contributed by atoms with Crippen molar-refractivity contribution in [2.24, 2.45) is 29.6 Å². The predicted octanol–water partition coefficient (Wildman–Crippen LogP) is 4.03. The summed E-state index contributed by atoms with van der Waals surface area (Å²) in [4.78, 5) is 138. The minimum absolute atomic E-state index is 0.00717. The second kappa shape index (κ2) is 28.5. The minimum atomic E-state index is -1.97. The number of fused-ring (bicyclic) bond motifs is 1. The number of hydrogen-bond acceptors (Lipinski definition) is 11. The number of carbonyl (C=O) groups is 9. The molecule has 0 radical (unpaired) electrons. The number of amides is 8. The molecule has 11 atom stereocenters. The molecule has 2 aromatic carbocycles. The summed E-state index contributed by atoms with van der Waals surface area (Å²) in [5, 5.41) is 23.2. The number of ether oxygens (including phenoxy) is 1. The molecule has 2 saturated heterocycles. The van der Waals surface area contributed by atoms with E-state index < -0.39 is 137 Å². The molecule has 2 aromatic rings. The molecule has 8 amide bonds. The Morgan fingerprint density at radius 1 is 0.590 bits per heavy atom. The lowest BCUT2D eigenvalue weighted by molar-refractivity contribution is -0.177. The fraction of sp³-hybridized carbons (Fsp3) is 0.644. The number of nitrogens with one attached hydrogen (secondary N) is 4. The van der Waals surface area contributed by atoms with E-state index in [9.17, 15) is 38.7 Å². The Bertz CT molecular complexity index is 2390. The molecule has 432 valence electrons. The first-order valence-electron chi connectivity index (χ1n) is 27.9. The lowest BCUT2D eigenvalue weighted by Crippen LogP contribution is -2.63. The Morgan fingerprint density at radius 2 is 1.10 bits per heavy atom. The smallest absolute Gasteiger partial charge is 0.332 e. The third-order valence-electron chi connectivity index (χ3n) is 15.4. The van der Waals surface area contributed by atoms with E-state index in [4.69, 9.17) is 4.74 Å². The maximum atomic E-state index is 15.2. The van der Waals surface area contributed by atoms with Gasteiger partial charge in [0, 0.05) is 46.4 Å². The standard InChI is InChI=1S/C59H90N8O11/c1-16-37(9)46-52(70)62-45(35(5)6)51(69)60-41(31-34(3)4)55(73)66(15)49(59(11,12)77)58(76)78-48(38(10)17-2)57(75)65(14)47(36(7)8)53(71)61-42(32-39-25-20-18-21-26-39)54(72)64(13)44(33-40-27-22-19-23-28-40)56(74)67-30-24-29-43(67)50(68)63-46/h18-23,25-28,34-38,41-49,77H,16-17,24,29-33H2,1-15H3,(H,60,69)(H,61,71)(H,62,70)(H,63,68)/t37-,38-,41-,42-,43-,44-,45?,46-,47-,48+,49+/m0/s1. The summed E-state index contributed by atoms with van der Waals surface area (Å²) in [5.41, 5.74) is -0.553. The maximum Gasteiger partial charge on any atom is 0.332 e. The summed E-state index contributed by atoms with van der Waals surface area (Å²) < 4.78 is 6.08. The van der Waals surface area contributed by atoms with Crippen molar-refractivity contribution in [1.82, 2.24) is 40.9 Å². The van der Waals surface area contributed by atoms with Crippen molar-refractivity contribution in [2.75, 3.05) is 27.7 Å². The molecule has 0 bridgehead atoms. The topological polar surface area (TPSA) is 244 Å². The van der Waals surface area contributed by atoms with Gasteiger partial charge in [-0.3, -0.25) is 38.4 Å². The lowest BCUT2D eigenvalue weighted by Gasteiger charge is -2.39. The monoisotopic (exact) mass is 1090 g/mol. The largest absolute Gasteiger partial charge is 0.450 e. The average molecular weight is 1090 g/mol. The Hall–Kier alpha value is -6.37. The van der Waals surface area contributed by atoms with Crippen molar-refractivity contribution in [2.45, 2.75) is 188 Å². The number of aliphatic hydroxyl groups is 1. The Kier molecular flexibility index (Phi) is 23.4. The number of carbonyl (C=O) groups excluding carboxylic acids is 9. The van der Waals surface area contributed by atoms with Crippen LogP contribution in [0, 0.1) is 29.6 Å². The van der Waals surface area contributed by atoms with E-state index in [-0.39, 0.29) is 38.1 Å². The van der Waals surface area contributed by atoms with Crippen LogP contribution in [0.2, 0.25) is 0 Å². The van der Waals surface area contributed by atoms with Crippen LogP contribution in [0.25, 0.3) is 0 Å². The van der Waals surface area contributed by atoms with Crippen molar-refractivity contribution in [1.29, 1.82) is 0 Å². The van der Waals surface area contributed by atoms with E-state index in [1.165, 1.54) is 49.7 Å². The lowest BCUT2D eigenvalue weighted by atomic mass is 9.94. The number of benzene rings is 2. The number of hydrogen-bond donors (Lipinski definition) is 5. The Morgan fingerprint density at radius 3 is 1.62 bits per heavy atom. The predicted molar refractivity (Wildman–Crippen MR) is 297 cm³/mol. The number of likely N-dealkylation sites (N-methyl/N-ethyl adjacent to an activating group) is 3. The SMILES string of the molecule is CC[C@H](C)[C@@H]1NC(=O)[C@@H]2CCCN2C(=O)[C@H](Cc2ccccc2)N(C)C(=O)[C@H](Cc2ccccc2)NC(=O)[C@H](C(C)C)N(C)C(=O)[C@@H]([C@@H](C)CC)OC(=O)[C@H](C(C)(C)O)N(C)C(=O)[C@H](CC(C)C)NC(=O)C(C(C)C)NC1=O. The van der Waals surface area contributed by atoms with Gasteiger partial charge in [-0.05, 0) is 74.3 Å². The summed E-state index contributed by atoms with van der Waals surface area (Å²) in [7, 11) is 4.19. The molecular formula is C59H90N8O11. The van der Waals surface area contributed by atoms with Crippen LogP contribution in [0.3, 0.4) is 0 Å². The molecule has 19 heteroatoms. The number of rotatable bonds is 13. The summed E-state index contributed by atoms with van der Waals surface area (Å²) >= 11 is 0. The van der Waals surface area contributed by atoms with Gasteiger partial charge in [-0.25, -0.2) is 4.79 Å². The summed E-state index contributed by atoms with van der Waals surface area (Å²) in [5.74, 6) is -8.82. The zero-order chi connectivity index (χ0) is 58.5. The number of cyclic esters (lactones) is 1. The highest BCUT2D eigenvalue weighted by Gasteiger charge is 2.47. The van der Waals surface area contributed by atoms with Crippen LogP contribution in [-0.4, -0.2) is 166 Å². The molecule has 2 heterocycles. The molecule has 78 heavy (non-hydrogen) atoms. The van der Waals surface area contributed by atoms with Crippen LogP contribution in [0.15, 0.2) is 60.7 Å². The third-order valence-corrected chi connectivity index (χ3v) is 15.4. The van der Waals surface area contributed by atoms with E-state index in [1.54, 1.807) is 72.7 Å². The van der Waals surface area contributed by atoms with Gasteiger partial charge in [-0.1, -0.05) is 136 Å². The second-order valence-corrected chi connectivity index (χ2v) is 23.3. The highest BCUT2D eigenvalue weighted by atomic mass is 16.6. The van der Waals surface area contributed by atoms with Gasteiger partial charge in [0.25, 0.3) is 5.91 Å². The van der Waals surface area contributed by atoms with Crippen LogP contribution in [0.1, 0.15) is 126 Å². The first-order chi connectivity index (χ1) is 36.5. The molecule has 0 aromatic heterocycles. The highest BCUT2D eigenvalue weighted by molar-refractivity contribution is 5.99. The number of nitrogens with zero attached hydrogens (tertiary/aromatic N) is 4. The average Bonchev–Trinajstić information content (AvgIpc) is 3.89. The van der Waals surface area contributed by atoms with E-state index in [1.807, 2.05) is 57.2 Å². The molecule has 1 unspecified atom stereocenters. The van der Waals surface area contributed by atoms with Gasteiger partial charge in [0.15, 0.2) is 12.1 Å².